The first-order valence-electron chi connectivity index (χ1n) is 6.63. The largest absolute Gasteiger partial charge is 0.378 e. The van der Waals surface area contributed by atoms with E-state index in [1.165, 1.54) is 18.4 Å². The van der Waals surface area contributed by atoms with Crippen LogP contribution in [0.15, 0.2) is 18.3 Å². The molecule has 1 aliphatic heterocycles. The van der Waals surface area contributed by atoms with Crippen molar-refractivity contribution in [2.75, 3.05) is 31.2 Å². The molecular weight excluding hydrogens is 212 g/mol. The first-order valence-corrected chi connectivity index (χ1v) is 6.63. The summed E-state index contributed by atoms with van der Waals surface area (Å²) in [5.41, 5.74) is 1.42. The summed E-state index contributed by atoms with van der Waals surface area (Å²) in [5.74, 6) is 1.77. The number of anilines is 1. The Morgan fingerprint density at radius 2 is 2.00 bits per heavy atom. The molecule has 0 aromatic carbocycles. The molecule has 1 aromatic heterocycles. The molecule has 2 rings (SSSR count). The third kappa shape index (κ3) is 2.97. The molecule has 1 aliphatic rings. The molecule has 1 saturated heterocycles. The normalized spacial score (nSPS) is 16.5. The van der Waals surface area contributed by atoms with Crippen LogP contribution in [-0.2, 0) is 4.74 Å². The Morgan fingerprint density at radius 1 is 1.29 bits per heavy atom. The zero-order valence-corrected chi connectivity index (χ0v) is 10.9. The van der Waals surface area contributed by atoms with Gasteiger partial charge in [0.2, 0.25) is 0 Å². The third-order valence-electron chi connectivity index (χ3n) is 3.56. The Labute approximate surface area is 104 Å². The molecule has 3 heteroatoms. The van der Waals surface area contributed by atoms with Gasteiger partial charge in [0.1, 0.15) is 5.82 Å². The first kappa shape index (κ1) is 12.4. The fourth-order valence-corrected chi connectivity index (χ4v) is 2.41. The highest BCUT2D eigenvalue weighted by Crippen LogP contribution is 2.25. The maximum absolute atomic E-state index is 5.37. The van der Waals surface area contributed by atoms with Gasteiger partial charge in [0.25, 0.3) is 0 Å². The second-order valence-corrected chi connectivity index (χ2v) is 4.56. The highest BCUT2D eigenvalue weighted by Gasteiger charge is 2.14. The molecular formula is C14H22N2O. The molecule has 0 saturated carbocycles. The minimum atomic E-state index is 0.665. The number of hydrogen-bond acceptors (Lipinski definition) is 3. The Hall–Kier alpha value is -1.09. The van der Waals surface area contributed by atoms with Crippen LogP contribution in [-0.4, -0.2) is 31.3 Å². The Bertz CT molecular complexity index is 344. The quantitative estimate of drug-likeness (QED) is 0.801. The zero-order valence-electron chi connectivity index (χ0n) is 10.9. The van der Waals surface area contributed by atoms with Gasteiger partial charge in [0.05, 0.1) is 13.2 Å². The maximum atomic E-state index is 5.37. The molecule has 0 radical (unpaired) electrons. The lowest BCUT2D eigenvalue weighted by molar-refractivity contribution is 0.122. The van der Waals surface area contributed by atoms with Crippen molar-refractivity contribution in [2.45, 2.75) is 32.6 Å². The van der Waals surface area contributed by atoms with Crippen LogP contribution in [0.25, 0.3) is 0 Å². The summed E-state index contributed by atoms with van der Waals surface area (Å²) < 4.78 is 5.37. The number of nitrogens with zero attached hydrogens (tertiary/aromatic N) is 2. The van der Waals surface area contributed by atoms with Gasteiger partial charge in [-0.25, -0.2) is 4.98 Å². The van der Waals surface area contributed by atoms with Gasteiger partial charge in [0, 0.05) is 19.3 Å². The van der Waals surface area contributed by atoms with Crippen LogP contribution in [0.2, 0.25) is 0 Å². The SMILES string of the molecule is CCC(CC)c1ccnc(N2CCOCC2)c1. The fraction of sp³-hybridized carbons (Fsp3) is 0.643. The fourth-order valence-electron chi connectivity index (χ4n) is 2.41. The number of aromatic nitrogens is 1. The van der Waals surface area contributed by atoms with Crippen LogP contribution in [0.5, 0.6) is 0 Å². The van der Waals surface area contributed by atoms with Crippen LogP contribution in [0.1, 0.15) is 38.2 Å². The van der Waals surface area contributed by atoms with Gasteiger partial charge in [-0.05, 0) is 36.5 Å². The van der Waals surface area contributed by atoms with Crippen LogP contribution in [0, 0.1) is 0 Å². The molecule has 3 nitrogen and oxygen atoms in total. The summed E-state index contributed by atoms with van der Waals surface area (Å²) in [6, 6.07) is 4.41. The first-order chi connectivity index (χ1) is 8.35. The molecule has 0 bridgehead atoms. The predicted octanol–water partition coefficient (Wildman–Crippen LogP) is 2.82. The zero-order chi connectivity index (χ0) is 12.1. The van der Waals surface area contributed by atoms with E-state index in [0.717, 1.165) is 32.1 Å². The second-order valence-electron chi connectivity index (χ2n) is 4.56. The van der Waals surface area contributed by atoms with Gasteiger partial charge < -0.3 is 9.64 Å². The average molecular weight is 234 g/mol. The predicted molar refractivity (Wildman–Crippen MR) is 70.6 cm³/mol. The average Bonchev–Trinajstić information content (AvgIpc) is 2.42. The summed E-state index contributed by atoms with van der Waals surface area (Å²) in [7, 11) is 0. The van der Waals surface area contributed by atoms with Crippen LogP contribution in [0.4, 0.5) is 5.82 Å². The lowest BCUT2D eigenvalue weighted by Gasteiger charge is -2.28. The van der Waals surface area contributed by atoms with E-state index in [2.05, 4.69) is 35.9 Å². The molecule has 17 heavy (non-hydrogen) atoms. The van der Waals surface area contributed by atoms with Crippen molar-refractivity contribution in [3.05, 3.63) is 23.9 Å². The van der Waals surface area contributed by atoms with Gasteiger partial charge in [0.15, 0.2) is 0 Å². The van der Waals surface area contributed by atoms with E-state index >= 15 is 0 Å². The summed E-state index contributed by atoms with van der Waals surface area (Å²) in [5, 5.41) is 0. The van der Waals surface area contributed by atoms with Gasteiger partial charge in [-0.3, -0.25) is 0 Å². The molecule has 0 amide bonds. The molecule has 2 heterocycles. The minimum Gasteiger partial charge on any atom is -0.378 e. The van der Waals surface area contributed by atoms with Crippen molar-refractivity contribution in [1.29, 1.82) is 0 Å². The number of hydrogen-bond donors (Lipinski definition) is 0. The number of morpholine rings is 1. The Kier molecular flexibility index (Phi) is 4.37. The van der Waals surface area contributed by atoms with E-state index in [1.807, 2.05) is 6.20 Å². The highest BCUT2D eigenvalue weighted by atomic mass is 16.5. The van der Waals surface area contributed by atoms with E-state index in [4.69, 9.17) is 4.74 Å². The van der Waals surface area contributed by atoms with Crippen LogP contribution in [0.3, 0.4) is 0 Å². The third-order valence-corrected chi connectivity index (χ3v) is 3.56. The van der Waals surface area contributed by atoms with E-state index in [-0.39, 0.29) is 0 Å². The topological polar surface area (TPSA) is 25.4 Å². The smallest absolute Gasteiger partial charge is 0.128 e. The van der Waals surface area contributed by atoms with Gasteiger partial charge in [-0.15, -0.1) is 0 Å². The van der Waals surface area contributed by atoms with Crippen molar-refractivity contribution < 1.29 is 4.74 Å². The van der Waals surface area contributed by atoms with Crippen molar-refractivity contribution in [3.8, 4) is 0 Å². The summed E-state index contributed by atoms with van der Waals surface area (Å²) in [4.78, 5) is 6.80. The second kappa shape index (κ2) is 6.01. The minimum absolute atomic E-state index is 0.665. The van der Waals surface area contributed by atoms with Gasteiger partial charge in [-0.1, -0.05) is 13.8 Å². The van der Waals surface area contributed by atoms with E-state index in [1.54, 1.807) is 0 Å². The molecule has 1 fully saturated rings. The molecule has 94 valence electrons. The molecule has 0 aliphatic carbocycles. The monoisotopic (exact) mass is 234 g/mol. The van der Waals surface area contributed by atoms with Crippen molar-refractivity contribution >= 4 is 5.82 Å². The van der Waals surface area contributed by atoms with Gasteiger partial charge in [-0.2, -0.15) is 0 Å². The lowest BCUT2D eigenvalue weighted by atomic mass is 9.95. The van der Waals surface area contributed by atoms with Crippen LogP contribution < -0.4 is 4.90 Å². The molecule has 0 atom stereocenters. The number of pyridine rings is 1. The standard InChI is InChI=1S/C14H22N2O/c1-3-12(4-2)13-5-6-15-14(11-13)16-7-9-17-10-8-16/h5-6,11-12H,3-4,7-10H2,1-2H3. The summed E-state index contributed by atoms with van der Waals surface area (Å²) in [6.45, 7) is 8.05. The summed E-state index contributed by atoms with van der Waals surface area (Å²) in [6.07, 6.45) is 4.34. The van der Waals surface area contributed by atoms with Crippen molar-refractivity contribution in [3.63, 3.8) is 0 Å². The maximum Gasteiger partial charge on any atom is 0.128 e. The van der Waals surface area contributed by atoms with Crippen molar-refractivity contribution in [2.24, 2.45) is 0 Å². The summed E-state index contributed by atoms with van der Waals surface area (Å²) >= 11 is 0. The van der Waals surface area contributed by atoms with E-state index < -0.39 is 0 Å². The van der Waals surface area contributed by atoms with E-state index in [0.29, 0.717) is 5.92 Å². The molecule has 1 aromatic rings. The Balaban J connectivity index is 2.15. The van der Waals surface area contributed by atoms with Crippen molar-refractivity contribution in [1.82, 2.24) is 4.98 Å². The number of ether oxygens (including phenoxy) is 1. The Morgan fingerprint density at radius 3 is 2.65 bits per heavy atom. The molecule has 0 N–H and O–H groups in total. The highest BCUT2D eigenvalue weighted by molar-refractivity contribution is 5.42. The van der Waals surface area contributed by atoms with Crippen LogP contribution >= 0.6 is 0 Å². The number of rotatable bonds is 4. The molecule has 0 spiro atoms. The molecule has 0 unspecified atom stereocenters. The lowest BCUT2D eigenvalue weighted by Crippen LogP contribution is -2.36. The van der Waals surface area contributed by atoms with E-state index in [9.17, 15) is 0 Å². The van der Waals surface area contributed by atoms with Gasteiger partial charge >= 0.3 is 0 Å².